The minimum atomic E-state index is -0.224. The maximum atomic E-state index is 13.5. The summed E-state index contributed by atoms with van der Waals surface area (Å²) in [4.78, 5) is 30.6. The van der Waals surface area contributed by atoms with Crippen molar-refractivity contribution in [1.82, 2.24) is 15.2 Å². The van der Waals surface area contributed by atoms with E-state index in [2.05, 4.69) is 10.3 Å². The van der Waals surface area contributed by atoms with Gasteiger partial charge in [-0.15, -0.1) is 0 Å². The first-order valence-electron chi connectivity index (χ1n) is 11.0. The third kappa shape index (κ3) is 4.34. The number of carbonyl (C=O) groups excluding carboxylic acids is 1. The number of carbonyl (C=O) groups is 1. The Balaban J connectivity index is 1.70. The molecular weight excluding hydrogens is 449 g/mol. The summed E-state index contributed by atoms with van der Waals surface area (Å²) in [5.41, 5.74) is 4.08. The van der Waals surface area contributed by atoms with Crippen LogP contribution in [-0.4, -0.2) is 42.5 Å². The number of nitrogens with zero attached hydrogens (tertiary/aromatic N) is 1. The third-order valence-electron chi connectivity index (χ3n) is 6.69. The standard InChI is InChI=1S/C24H29Cl2N3O3/c1-13-10-14(2)28-23(30)18(13)12-29-9-6-16-19(25)11-17(21(26)20(16)24(29)31)22(32-3)15-4-7-27-8-5-15/h10-11,15,22,27H,4-9,12H2,1-3H3,(H,28,30). The lowest BCUT2D eigenvalue weighted by atomic mass is 9.85. The average Bonchev–Trinajstić information content (AvgIpc) is 2.76. The zero-order valence-corrected chi connectivity index (χ0v) is 20.2. The van der Waals surface area contributed by atoms with Gasteiger partial charge in [-0.2, -0.15) is 0 Å². The number of benzene rings is 1. The van der Waals surface area contributed by atoms with Gasteiger partial charge in [0.05, 0.1) is 23.2 Å². The number of ether oxygens (including phenoxy) is 1. The van der Waals surface area contributed by atoms with Gasteiger partial charge in [-0.05, 0) is 75.4 Å². The predicted octanol–water partition coefficient (Wildman–Crippen LogP) is 4.18. The van der Waals surface area contributed by atoms with Gasteiger partial charge in [0.2, 0.25) is 0 Å². The van der Waals surface area contributed by atoms with Crippen molar-refractivity contribution in [3.63, 3.8) is 0 Å². The molecule has 1 aromatic heterocycles. The molecule has 1 unspecified atom stereocenters. The molecule has 0 aliphatic carbocycles. The maximum Gasteiger partial charge on any atom is 0.256 e. The summed E-state index contributed by atoms with van der Waals surface area (Å²) in [6.45, 7) is 6.31. The molecule has 3 heterocycles. The fourth-order valence-electron chi connectivity index (χ4n) is 5.00. The molecule has 4 rings (SSSR count). The highest BCUT2D eigenvalue weighted by Crippen LogP contribution is 2.42. The number of pyridine rings is 1. The van der Waals surface area contributed by atoms with Gasteiger partial charge >= 0.3 is 0 Å². The number of hydrogen-bond acceptors (Lipinski definition) is 4. The Labute approximate surface area is 198 Å². The van der Waals surface area contributed by atoms with E-state index in [0.717, 1.165) is 48.3 Å². The third-order valence-corrected chi connectivity index (χ3v) is 7.44. The van der Waals surface area contributed by atoms with Crippen LogP contribution in [0, 0.1) is 19.8 Å². The molecule has 1 atom stereocenters. The summed E-state index contributed by atoms with van der Waals surface area (Å²) in [6, 6.07) is 3.79. The SMILES string of the molecule is COC(c1cc(Cl)c2c(c1Cl)C(=O)N(Cc1c(C)cc(C)[nH]c1=O)CC2)C1CCNCC1. The molecule has 0 spiro atoms. The fourth-order valence-corrected chi connectivity index (χ4v) is 5.67. The van der Waals surface area contributed by atoms with Crippen LogP contribution in [0.5, 0.6) is 0 Å². The molecule has 172 valence electrons. The predicted molar refractivity (Wildman–Crippen MR) is 127 cm³/mol. The molecule has 0 bridgehead atoms. The Morgan fingerprint density at radius 3 is 2.56 bits per heavy atom. The second-order valence-corrected chi connectivity index (χ2v) is 9.56. The lowest BCUT2D eigenvalue weighted by Gasteiger charge is -2.34. The number of piperidine rings is 1. The minimum absolute atomic E-state index is 0.163. The van der Waals surface area contributed by atoms with E-state index in [1.165, 1.54) is 0 Å². The highest BCUT2D eigenvalue weighted by atomic mass is 35.5. The maximum absolute atomic E-state index is 13.5. The topological polar surface area (TPSA) is 74.4 Å². The normalized spacial score (nSPS) is 18.0. The summed E-state index contributed by atoms with van der Waals surface area (Å²) in [6.07, 6.45) is 2.31. The van der Waals surface area contributed by atoms with E-state index in [1.54, 1.807) is 12.0 Å². The van der Waals surface area contributed by atoms with E-state index in [0.29, 0.717) is 40.1 Å². The molecule has 1 amide bonds. The van der Waals surface area contributed by atoms with E-state index >= 15 is 0 Å². The number of nitrogens with one attached hydrogen (secondary N) is 2. The van der Waals surface area contributed by atoms with Crippen molar-refractivity contribution in [1.29, 1.82) is 0 Å². The Morgan fingerprint density at radius 2 is 1.91 bits per heavy atom. The van der Waals surface area contributed by atoms with Crippen molar-refractivity contribution < 1.29 is 9.53 Å². The first kappa shape index (κ1) is 23.3. The summed E-state index contributed by atoms with van der Waals surface area (Å²) in [7, 11) is 1.68. The number of amides is 1. The van der Waals surface area contributed by atoms with E-state index < -0.39 is 0 Å². The number of hydrogen-bond donors (Lipinski definition) is 2. The molecule has 0 saturated carbocycles. The quantitative estimate of drug-likeness (QED) is 0.676. The van der Waals surface area contributed by atoms with Crippen LogP contribution >= 0.6 is 23.2 Å². The van der Waals surface area contributed by atoms with E-state index in [1.807, 2.05) is 26.0 Å². The van der Waals surface area contributed by atoms with Crippen molar-refractivity contribution in [3.05, 3.63) is 66.0 Å². The van der Waals surface area contributed by atoms with Gasteiger partial charge in [0.15, 0.2) is 0 Å². The lowest BCUT2D eigenvalue weighted by molar-refractivity contribution is 0.0382. The molecule has 2 N–H and O–H groups in total. The van der Waals surface area contributed by atoms with E-state index in [9.17, 15) is 9.59 Å². The van der Waals surface area contributed by atoms with Gasteiger partial charge in [-0.1, -0.05) is 23.2 Å². The van der Waals surface area contributed by atoms with Gasteiger partial charge in [0, 0.05) is 35.5 Å². The molecule has 1 saturated heterocycles. The van der Waals surface area contributed by atoms with Crippen LogP contribution in [0.25, 0.3) is 0 Å². The second kappa shape index (κ2) is 9.56. The van der Waals surface area contributed by atoms with Crippen molar-refractivity contribution in [2.24, 2.45) is 5.92 Å². The van der Waals surface area contributed by atoms with Gasteiger partial charge in [0.1, 0.15) is 0 Å². The van der Waals surface area contributed by atoms with Crippen LogP contribution in [0.4, 0.5) is 0 Å². The molecule has 1 fully saturated rings. The summed E-state index contributed by atoms with van der Waals surface area (Å²) in [5, 5.41) is 4.33. The monoisotopic (exact) mass is 477 g/mol. The van der Waals surface area contributed by atoms with Crippen molar-refractivity contribution in [3.8, 4) is 0 Å². The van der Waals surface area contributed by atoms with Crippen molar-refractivity contribution in [2.45, 2.75) is 45.8 Å². The van der Waals surface area contributed by atoms with Crippen LogP contribution < -0.4 is 10.9 Å². The Hall–Kier alpha value is -1.86. The molecule has 6 nitrogen and oxygen atoms in total. The van der Waals surface area contributed by atoms with Gasteiger partial charge < -0.3 is 19.9 Å². The molecular formula is C24H29Cl2N3O3. The summed E-state index contributed by atoms with van der Waals surface area (Å²) in [5.74, 6) is 0.107. The highest BCUT2D eigenvalue weighted by molar-refractivity contribution is 6.37. The van der Waals surface area contributed by atoms with Gasteiger partial charge in [-0.3, -0.25) is 9.59 Å². The average molecular weight is 478 g/mol. The smallest absolute Gasteiger partial charge is 0.256 e. The molecule has 1 aromatic carbocycles. The summed E-state index contributed by atoms with van der Waals surface area (Å²) >= 11 is 13.5. The van der Waals surface area contributed by atoms with Gasteiger partial charge in [0.25, 0.3) is 11.5 Å². The number of halogens is 2. The molecule has 2 aromatic rings. The number of H-pyrrole nitrogens is 1. The number of fused-ring (bicyclic) bond motifs is 1. The zero-order valence-electron chi connectivity index (χ0n) is 18.7. The van der Waals surface area contributed by atoms with Crippen LogP contribution in [-0.2, 0) is 17.7 Å². The molecule has 8 heteroatoms. The molecule has 0 radical (unpaired) electrons. The number of methoxy groups -OCH3 is 1. The molecule has 2 aliphatic rings. The van der Waals surface area contributed by atoms with Crippen molar-refractivity contribution in [2.75, 3.05) is 26.7 Å². The van der Waals surface area contributed by atoms with Crippen LogP contribution in [0.15, 0.2) is 16.9 Å². The Kier molecular flexibility index (Phi) is 6.96. The van der Waals surface area contributed by atoms with Crippen LogP contribution in [0.3, 0.4) is 0 Å². The highest BCUT2D eigenvalue weighted by Gasteiger charge is 2.34. The first-order chi connectivity index (χ1) is 15.3. The Morgan fingerprint density at radius 1 is 1.19 bits per heavy atom. The first-order valence-corrected chi connectivity index (χ1v) is 11.8. The number of aromatic nitrogens is 1. The number of aryl methyl sites for hydroxylation is 2. The lowest BCUT2D eigenvalue weighted by Crippen LogP contribution is -2.39. The molecule has 2 aliphatic heterocycles. The zero-order chi connectivity index (χ0) is 23.0. The minimum Gasteiger partial charge on any atom is -0.376 e. The number of aromatic amines is 1. The largest absolute Gasteiger partial charge is 0.376 e. The van der Waals surface area contributed by atoms with E-state index in [4.69, 9.17) is 27.9 Å². The Bertz CT molecular complexity index is 1090. The van der Waals surface area contributed by atoms with E-state index in [-0.39, 0.29) is 24.1 Å². The second-order valence-electron chi connectivity index (χ2n) is 8.78. The fraction of sp³-hybridized carbons (Fsp3) is 0.500. The van der Waals surface area contributed by atoms with Crippen molar-refractivity contribution >= 4 is 29.1 Å². The molecule has 32 heavy (non-hydrogen) atoms. The van der Waals surface area contributed by atoms with Crippen LogP contribution in [0.1, 0.15) is 57.3 Å². The van der Waals surface area contributed by atoms with Crippen LogP contribution in [0.2, 0.25) is 10.0 Å². The summed E-state index contributed by atoms with van der Waals surface area (Å²) < 4.78 is 5.86. The van der Waals surface area contributed by atoms with Gasteiger partial charge in [-0.25, -0.2) is 0 Å². The number of rotatable bonds is 5.